The number of aromatic nitrogens is 1. The van der Waals surface area contributed by atoms with Crippen molar-refractivity contribution in [3.63, 3.8) is 0 Å². The molecule has 29 heavy (non-hydrogen) atoms. The zero-order chi connectivity index (χ0) is 18.6. The summed E-state index contributed by atoms with van der Waals surface area (Å²) >= 11 is 6.00. The highest BCUT2D eigenvalue weighted by Crippen LogP contribution is 2.28. The molecule has 1 aromatic heterocycles. The SMILES string of the molecule is Cl.Cl.O=C(NCCC1COCCN1)C1CCN(c2nc3ccc(Cl)cc3o2)CC1. The van der Waals surface area contributed by atoms with Gasteiger partial charge in [-0.25, -0.2) is 0 Å². The number of oxazole rings is 1. The lowest BCUT2D eigenvalue weighted by Gasteiger charge is -2.30. The molecule has 2 saturated heterocycles. The van der Waals surface area contributed by atoms with Crippen LogP contribution >= 0.6 is 36.4 Å². The smallest absolute Gasteiger partial charge is 0.298 e. The summed E-state index contributed by atoms with van der Waals surface area (Å²) < 4.78 is 11.3. The molecule has 3 heterocycles. The van der Waals surface area contributed by atoms with Gasteiger partial charge in [0.05, 0.1) is 13.2 Å². The third-order valence-corrected chi connectivity index (χ3v) is 5.50. The summed E-state index contributed by atoms with van der Waals surface area (Å²) in [7, 11) is 0. The van der Waals surface area contributed by atoms with Crippen molar-refractivity contribution < 1.29 is 13.9 Å². The normalized spacial score (nSPS) is 20.0. The number of ether oxygens (including phenoxy) is 1. The van der Waals surface area contributed by atoms with Gasteiger partial charge in [-0.3, -0.25) is 4.79 Å². The van der Waals surface area contributed by atoms with Crippen LogP contribution in [-0.2, 0) is 9.53 Å². The van der Waals surface area contributed by atoms with Crippen LogP contribution in [0.15, 0.2) is 22.6 Å². The highest BCUT2D eigenvalue weighted by Gasteiger charge is 2.27. The average Bonchev–Trinajstić information content (AvgIpc) is 3.12. The molecule has 2 aromatic rings. The maximum Gasteiger partial charge on any atom is 0.298 e. The fraction of sp³-hybridized carbons (Fsp3) is 0.579. The first-order valence-electron chi connectivity index (χ1n) is 9.59. The standard InChI is InChI=1S/C19H25ClN4O3.2ClH/c20-14-1-2-16-17(11-14)27-19(23-16)24-8-4-13(5-9-24)18(25)22-6-3-15-12-26-10-7-21-15;;/h1-2,11,13,15,21H,3-10,12H2,(H,22,25);2*1H. The predicted octanol–water partition coefficient (Wildman–Crippen LogP) is 3.04. The van der Waals surface area contributed by atoms with E-state index < -0.39 is 0 Å². The van der Waals surface area contributed by atoms with E-state index in [4.69, 9.17) is 20.8 Å². The van der Waals surface area contributed by atoms with Crippen LogP contribution in [0, 0.1) is 5.92 Å². The van der Waals surface area contributed by atoms with Gasteiger partial charge in [0.2, 0.25) is 5.91 Å². The molecule has 2 N–H and O–H groups in total. The first-order valence-corrected chi connectivity index (χ1v) is 9.97. The lowest BCUT2D eigenvalue weighted by Crippen LogP contribution is -2.45. The first kappa shape index (κ1) is 24.0. The Labute approximate surface area is 187 Å². The van der Waals surface area contributed by atoms with Crippen molar-refractivity contribution >= 4 is 59.4 Å². The number of halogens is 3. The van der Waals surface area contributed by atoms with Gasteiger partial charge < -0.3 is 24.7 Å². The van der Waals surface area contributed by atoms with Crippen LogP contribution in [0.1, 0.15) is 19.3 Å². The molecule has 0 spiro atoms. The Morgan fingerprint density at radius 3 is 2.83 bits per heavy atom. The molecule has 162 valence electrons. The van der Waals surface area contributed by atoms with Crippen LogP contribution in [0.3, 0.4) is 0 Å². The fourth-order valence-corrected chi connectivity index (χ4v) is 3.84. The van der Waals surface area contributed by atoms with Crippen molar-refractivity contribution in [1.82, 2.24) is 15.6 Å². The summed E-state index contributed by atoms with van der Waals surface area (Å²) in [4.78, 5) is 19.1. The molecule has 2 aliphatic rings. The molecular weight excluding hydrogens is 439 g/mol. The lowest BCUT2D eigenvalue weighted by molar-refractivity contribution is -0.125. The zero-order valence-corrected chi connectivity index (χ0v) is 18.5. The molecule has 0 bridgehead atoms. The van der Waals surface area contributed by atoms with Crippen molar-refractivity contribution in [1.29, 1.82) is 0 Å². The van der Waals surface area contributed by atoms with Crippen molar-refractivity contribution in [3.8, 4) is 0 Å². The number of carbonyl (C=O) groups excluding carboxylic acids is 1. The number of piperidine rings is 1. The highest BCUT2D eigenvalue weighted by atomic mass is 35.5. The number of nitrogens with zero attached hydrogens (tertiary/aromatic N) is 2. The zero-order valence-electron chi connectivity index (χ0n) is 16.1. The third-order valence-electron chi connectivity index (χ3n) is 5.27. The second kappa shape index (κ2) is 11.2. The van der Waals surface area contributed by atoms with Gasteiger partial charge in [-0.05, 0) is 31.4 Å². The molecule has 2 fully saturated rings. The second-order valence-corrected chi connectivity index (χ2v) is 7.61. The summed E-state index contributed by atoms with van der Waals surface area (Å²) in [6.07, 6.45) is 2.50. The Morgan fingerprint density at radius 2 is 2.10 bits per heavy atom. The largest absolute Gasteiger partial charge is 0.423 e. The molecule has 0 aliphatic carbocycles. The van der Waals surface area contributed by atoms with Crippen LogP contribution in [0.25, 0.3) is 11.1 Å². The van der Waals surface area contributed by atoms with E-state index in [1.165, 1.54) is 0 Å². The molecular formula is C19H27Cl3N4O3. The maximum atomic E-state index is 12.4. The lowest BCUT2D eigenvalue weighted by atomic mass is 9.96. The first-order chi connectivity index (χ1) is 13.2. The summed E-state index contributed by atoms with van der Waals surface area (Å²) in [5.41, 5.74) is 1.49. The Bertz CT molecular complexity index is 790. The van der Waals surface area contributed by atoms with Gasteiger partial charge in [-0.2, -0.15) is 4.98 Å². The maximum absolute atomic E-state index is 12.4. The van der Waals surface area contributed by atoms with Gasteiger partial charge in [0.15, 0.2) is 5.58 Å². The molecule has 2 aliphatic heterocycles. The number of amides is 1. The number of hydrogen-bond donors (Lipinski definition) is 2. The van der Waals surface area contributed by atoms with Crippen LogP contribution in [0.4, 0.5) is 6.01 Å². The number of morpholine rings is 1. The van der Waals surface area contributed by atoms with E-state index >= 15 is 0 Å². The summed E-state index contributed by atoms with van der Waals surface area (Å²) in [5.74, 6) is 0.200. The minimum Gasteiger partial charge on any atom is -0.423 e. The monoisotopic (exact) mass is 464 g/mol. The van der Waals surface area contributed by atoms with Gasteiger partial charge >= 0.3 is 0 Å². The third kappa shape index (κ3) is 6.12. The minimum absolute atomic E-state index is 0. The van der Waals surface area contributed by atoms with Crippen molar-refractivity contribution in [2.75, 3.05) is 44.3 Å². The molecule has 0 saturated carbocycles. The molecule has 1 atom stereocenters. The number of benzene rings is 1. The Morgan fingerprint density at radius 1 is 1.31 bits per heavy atom. The van der Waals surface area contributed by atoms with E-state index in [0.29, 0.717) is 29.2 Å². The highest BCUT2D eigenvalue weighted by molar-refractivity contribution is 6.31. The molecule has 7 nitrogen and oxygen atoms in total. The summed E-state index contributed by atoms with van der Waals surface area (Å²) in [6, 6.07) is 6.39. The number of rotatable bonds is 5. The molecule has 0 radical (unpaired) electrons. The van der Waals surface area contributed by atoms with Crippen LogP contribution < -0.4 is 15.5 Å². The van der Waals surface area contributed by atoms with Crippen molar-refractivity contribution in [2.24, 2.45) is 5.92 Å². The Kier molecular flexibility index (Phi) is 9.30. The number of nitrogens with one attached hydrogen (secondary N) is 2. The Balaban J connectivity index is 0.00000150. The topological polar surface area (TPSA) is 79.6 Å². The predicted molar refractivity (Wildman–Crippen MR) is 119 cm³/mol. The molecule has 10 heteroatoms. The number of anilines is 1. The van der Waals surface area contributed by atoms with Crippen molar-refractivity contribution in [3.05, 3.63) is 23.2 Å². The number of carbonyl (C=O) groups is 1. The van der Waals surface area contributed by atoms with E-state index in [2.05, 4.69) is 20.5 Å². The molecule has 1 aromatic carbocycles. The van der Waals surface area contributed by atoms with E-state index in [1.807, 2.05) is 12.1 Å². The summed E-state index contributed by atoms with van der Waals surface area (Å²) in [5, 5.41) is 7.11. The van der Waals surface area contributed by atoms with Crippen molar-refractivity contribution in [2.45, 2.75) is 25.3 Å². The fourth-order valence-electron chi connectivity index (χ4n) is 3.67. The van der Waals surface area contributed by atoms with Gasteiger partial charge in [0.25, 0.3) is 6.01 Å². The van der Waals surface area contributed by atoms with Gasteiger partial charge in [-0.1, -0.05) is 11.6 Å². The summed E-state index contributed by atoms with van der Waals surface area (Å²) in [6.45, 7) is 4.59. The van der Waals surface area contributed by atoms with Gasteiger partial charge in [-0.15, -0.1) is 24.8 Å². The molecule has 4 rings (SSSR count). The van der Waals surface area contributed by atoms with Crippen LogP contribution in [0.5, 0.6) is 0 Å². The van der Waals surface area contributed by atoms with Gasteiger partial charge in [0.1, 0.15) is 5.52 Å². The number of hydrogen-bond acceptors (Lipinski definition) is 6. The van der Waals surface area contributed by atoms with E-state index in [9.17, 15) is 4.79 Å². The van der Waals surface area contributed by atoms with E-state index in [0.717, 1.165) is 57.6 Å². The molecule has 1 amide bonds. The van der Waals surface area contributed by atoms with Crippen LogP contribution in [0.2, 0.25) is 5.02 Å². The quantitative estimate of drug-likeness (QED) is 0.706. The minimum atomic E-state index is 0. The van der Waals surface area contributed by atoms with E-state index in [-0.39, 0.29) is 36.6 Å². The Hall–Kier alpha value is -1.25. The average molecular weight is 466 g/mol. The van der Waals surface area contributed by atoms with Gasteiger partial charge in [0, 0.05) is 49.2 Å². The second-order valence-electron chi connectivity index (χ2n) is 7.18. The van der Waals surface area contributed by atoms with E-state index in [1.54, 1.807) is 6.07 Å². The number of fused-ring (bicyclic) bond motifs is 1. The van der Waals surface area contributed by atoms with Crippen LogP contribution in [-0.4, -0.2) is 56.3 Å². The molecule has 1 unspecified atom stereocenters.